The van der Waals surface area contributed by atoms with Crippen LogP contribution in [0.15, 0.2) is 18.2 Å². The molecule has 3 heterocycles. The van der Waals surface area contributed by atoms with Gasteiger partial charge < -0.3 is 24.2 Å². The van der Waals surface area contributed by atoms with Gasteiger partial charge in [0, 0.05) is 19.1 Å². The molecule has 1 aromatic carbocycles. The number of hydrogen-bond acceptors (Lipinski definition) is 5. The standard InChI is InChI=1S/C25H39N3O3/c1-4-27(17-19-8-14-28(15-9-19)22-10-12-26(2)13-11-22)25(29)21-16-20-6-5-7-23(30-3)24(20)31-18-21/h5-7,19,21-22H,4,8-18H2,1-3H3. The van der Waals surface area contributed by atoms with Crippen molar-refractivity contribution in [1.82, 2.24) is 14.7 Å². The van der Waals surface area contributed by atoms with E-state index in [1.807, 2.05) is 18.2 Å². The second-order valence-corrected chi connectivity index (χ2v) is 9.55. The van der Waals surface area contributed by atoms with E-state index in [0.29, 0.717) is 12.5 Å². The molecule has 3 aliphatic heterocycles. The highest BCUT2D eigenvalue weighted by Gasteiger charge is 2.33. The zero-order valence-corrected chi connectivity index (χ0v) is 19.5. The van der Waals surface area contributed by atoms with Gasteiger partial charge in [0.05, 0.1) is 13.0 Å². The fourth-order valence-electron chi connectivity index (χ4n) is 5.52. The summed E-state index contributed by atoms with van der Waals surface area (Å²) in [5, 5.41) is 0. The van der Waals surface area contributed by atoms with Crippen LogP contribution in [0.5, 0.6) is 11.5 Å². The van der Waals surface area contributed by atoms with Gasteiger partial charge in [-0.1, -0.05) is 12.1 Å². The molecule has 0 bridgehead atoms. The van der Waals surface area contributed by atoms with Crippen LogP contribution in [0.3, 0.4) is 0 Å². The lowest BCUT2D eigenvalue weighted by atomic mass is 9.91. The molecule has 1 atom stereocenters. The summed E-state index contributed by atoms with van der Waals surface area (Å²) < 4.78 is 11.4. The molecule has 6 nitrogen and oxygen atoms in total. The molecule has 4 rings (SSSR count). The van der Waals surface area contributed by atoms with Crippen molar-refractivity contribution in [3.63, 3.8) is 0 Å². The lowest BCUT2D eigenvalue weighted by molar-refractivity contribution is -0.137. The Bertz CT molecular complexity index is 740. The van der Waals surface area contributed by atoms with Crippen molar-refractivity contribution >= 4 is 5.91 Å². The lowest BCUT2D eigenvalue weighted by Gasteiger charge is -2.42. The van der Waals surface area contributed by atoms with E-state index in [-0.39, 0.29) is 11.8 Å². The van der Waals surface area contributed by atoms with Crippen molar-refractivity contribution in [2.45, 2.75) is 45.1 Å². The minimum Gasteiger partial charge on any atom is -0.493 e. The summed E-state index contributed by atoms with van der Waals surface area (Å²) in [4.78, 5) is 20.5. The lowest BCUT2D eigenvalue weighted by Crippen LogP contribution is -2.49. The summed E-state index contributed by atoms with van der Waals surface area (Å²) in [6.45, 7) is 9.02. The van der Waals surface area contributed by atoms with E-state index in [0.717, 1.165) is 42.6 Å². The number of amides is 1. The van der Waals surface area contributed by atoms with Gasteiger partial charge in [-0.05, 0) is 89.8 Å². The third kappa shape index (κ3) is 5.17. The number of likely N-dealkylation sites (tertiary alicyclic amines) is 2. The molecule has 172 valence electrons. The quantitative estimate of drug-likeness (QED) is 0.696. The number of benzene rings is 1. The fourth-order valence-corrected chi connectivity index (χ4v) is 5.52. The minimum absolute atomic E-state index is 0.0983. The first-order chi connectivity index (χ1) is 15.1. The summed E-state index contributed by atoms with van der Waals surface area (Å²) in [6, 6.07) is 6.70. The SMILES string of the molecule is CCN(CC1CCN(C2CCN(C)CC2)CC1)C(=O)C1COc2c(cccc2OC)C1. The molecule has 0 N–H and O–H groups in total. The van der Waals surface area contributed by atoms with Crippen LogP contribution >= 0.6 is 0 Å². The van der Waals surface area contributed by atoms with Gasteiger partial charge in [0.15, 0.2) is 11.5 Å². The molecule has 1 amide bonds. The molecule has 0 aliphatic carbocycles. The number of methoxy groups -OCH3 is 1. The number of fused-ring (bicyclic) bond motifs is 1. The van der Waals surface area contributed by atoms with Crippen molar-refractivity contribution in [2.24, 2.45) is 11.8 Å². The molecule has 31 heavy (non-hydrogen) atoms. The van der Waals surface area contributed by atoms with Crippen LogP contribution in [0.2, 0.25) is 0 Å². The van der Waals surface area contributed by atoms with Crippen LogP contribution in [-0.2, 0) is 11.2 Å². The van der Waals surface area contributed by atoms with E-state index >= 15 is 0 Å². The Morgan fingerprint density at radius 3 is 2.58 bits per heavy atom. The van der Waals surface area contributed by atoms with Gasteiger partial charge in [0.2, 0.25) is 5.91 Å². The Kier molecular flexibility index (Phi) is 7.39. The molecule has 1 unspecified atom stereocenters. The van der Waals surface area contributed by atoms with Gasteiger partial charge in [0.25, 0.3) is 0 Å². The van der Waals surface area contributed by atoms with Gasteiger partial charge in [-0.2, -0.15) is 0 Å². The van der Waals surface area contributed by atoms with E-state index in [1.54, 1.807) is 7.11 Å². The van der Waals surface area contributed by atoms with Crippen LogP contribution in [-0.4, -0.2) is 86.7 Å². The summed E-state index contributed by atoms with van der Waals surface area (Å²) in [5.41, 5.74) is 1.08. The van der Waals surface area contributed by atoms with Crippen molar-refractivity contribution in [2.75, 3.05) is 60.0 Å². The third-order valence-electron chi connectivity index (χ3n) is 7.55. The Balaban J connectivity index is 1.29. The van der Waals surface area contributed by atoms with E-state index in [9.17, 15) is 4.79 Å². The van der Waals surface area contributed by atoms with E-state index in [4.69, 9.17) is 9.47 Å². The largest absolute Gasteiger partial charge is 0.493 e. The minimum atomic E-state index is -0.0983. The maximum Gasteiger partial charge on any atom is 0.229 e. The van der Waals surface area contributed by atoms with Crippen LogP contribution in [0.25, 0.3) is 0 Å². The van der Waals surface area contributed by atoms with E-state index < -0.39 is 0 Å². The second-order valence-electron chi connectivity index (χ2n) is 9.55. The van der Waals surface area contributed by atoms with Gasteiger partial charge in [-0.3, -0.25) is 4.79 Å². The van der Waals surface area contributed by atoms with Crippen molar-refractivity contribution in [3.05, 3.63) is 23.8 Å². The first-order valence-corrected chi connectivity index (χ1v) is 12.1. The highest BCUT2D eigenvalue weighted by Crippen LogP contribution is 2.36. The number of piperidine rings is 2. The summed E-state index contributed by atoms with van der Waals surface area (Å²) in [6.07, 6.45) is 5.74. The normalized spacial score (nSPS) is 23.8. The van der Waals surface area contributed by atoms with E-state index in [1.165, 1.54) is 51.9 Å². The molecular formula is C25H39N3O3. The Labute approximate surface area is 187 Å². The van der Waals surface area contributed by atoms with Crippen LogP contribution in [0.4, 0.5) is 0 Å². The van der Waals surface area contributed by atoms with Crippen LogP contribution in [0, 0.1) is 11.8 Å². The number of hydrogen-bond donors (Lipinski definition) is 0. The summed E-state index contributed by atoms with van der Waals surface area (Å²) in [7, 11) is 3.89. The average Bonchev–Trinajstić information content (AvgIpc) is 2.82. The predicted octanol–water partition coefficient (Wildman–Crippen LogP) is 2.90. The van der Waals surface area contributed by atoms with Crippen LogP contribution in [0.1, 0.15) is 38.2 Å². The second kappa shape index (κ2) is 10.2. The Morgan fingerprint density at radius 2 is 1.90 bits per heavy atom. The average molecular weight is 430 g/mol. The number of rotatable bonds is 6. The van der Waals surface area contributed by atoms with Crippen molar-refractivity contribution in [3.8, 4) is 11.5 Å². The summed E-state index contributed by atoms with van der Waals surface area (Å²) >= 11 is 0. The molecule has 6 heteroatoms. The first-order valence-electron chi connectivity index (χ1n) is 12.1. The molecular weight excluding hydrogens is 390 g/mol. The number of ether oxygens (including phenoxy) is 2. The van der Waals surface area contributed by atoms with Crippen molar-refractivity contribution in [1.29, 1.82) is 0 Å². The fraction of sp³-hybridized carbons (Fsp3) is 0.720. The highest BCUT2D eigenvalue weighted by molar-refractivity contribution is 5.80. The van der Waals surface area contributed by atoms with Gasteiger partial charge in [-0.15, -0.1) is 0 Å². The molecule has 2 saturated heterocycles. The maximum atomic E-state index is 13.3. The van der Waals surface area contributed by atoms with Gasteiger partial charge in [0.1, 0.15) is 6.61 Å². The highest BCUT2D eigenvalue weighted by atomic mass is 16.5. The zero-order chi connectivity index (χ0) is 21.8. The number of nitrogens with zero attached hydrogens (tertiary/aromatic N) is 3. The van der Waals surface area contributed by atoms with Crippen LogP contribution < -0.4 is 9.47 Å². The molecule has 3 aliphatic rings. The zero-order valence-electron chi connectivity index (χ0n) is 19.5. The van der Waals surface area contributed by atoms with E-state index in [2.05, 4.69) is 28.7 Å². The third-order valence-corrected chi connectivity index (χ3v) is 7.55. The predicted molar refractivity (Wildman–Crippen MR) is 123 cm³/mol. The molecule has 0 spiro atoms. The molecule has 1 aromatic rings. The summed E-state index contributed by atoms with van der Waals surface area (Å²) in [5.74, 6) is 2.32. The van der Waals surface area contributed by atoms with Gasteiger partial charge in [-0.25, -0.2) is 0 Å². The Morgan fingerprint density at radius 1 is 1.16 bits per heavy atom. The Hall–Kier alpha value is -1.79. The molecule has 0 aromatic heterocycles. The topological polar surface area (TPSA) is 45.2 Å². The monoisotopic (exact) mass is 429 g/mol. The molecule has 2 fully saturated rings. The van der Waals surface area contributed by atoms with Gasteiger partial charge >= 0.3 is 0 Å². The number of carbonyl (C=O) groups excluding carboxylic acids is 1. The number of carbonyl (C=O) groups is 1. The smallest absolute Gasteiger partial charge is 0.229 e. The molecule has 0 saturated carbocycles. The maximum absolute atomic E-state index is 13.3. The molecule has 0 radical (unpaired) electrons. The van der Waals surface area contributed by atoms with Crippen molar-refractivity contribution < 1.29 is 14.3 Å². The first kappa shape index (κ1) is 22.4. The number of para-hydroxylation sites is 1.